The lowest BCUT2D eigenvalue weighted by Gasteiger charge is -2.02. The Morgan fingerprint density at radius 2 is 2.36 bits per heavy atom. The molecule has 78 valence electrons. The number of nitrogens with two attached hydrogens (primary N) is 2. The number of hydrogen-bond acceptors (Lipinski definition) is 5. The Kier molecular flexibility index (Phi) is 3.70. The molecular weight excluding hydrogens is 200 g/mol. The van der Waals surface area contributed by atoms with Gasteiger partial charge >= 0.3 is 0 Å². The van der Waals surface area contributed by atoms with Gasteiger partial charge in [-0.2, -0.15) is 4.37 Å². The van der Waals surface area contributed by atoms with Crippen LogP contribution in [0.25, 0.3) is 0 Å². The van der Waals surface area contributed by atoms with Crippen molar-refractivity contribution in [1.82, 2.24) is 4.37 Å². The maximum Gasteiger partial charge on any atom is 0.255 e. The van der Waals surface area contributed by atoms with E-state index in [2.05, 4.69) is 16.6 Å². The molecule has 1 amide bonds. The zero-order chi connectivity index (χ0) is 10.6. The number of amides is 1. The van der Waals surface area contributed by atoms with Crippen molar-refractivity contribution in [3.8, 4) is 0 Å². The lowest BCUT2D eigenvalue weighted by molar-refractivity contribution is 0.100. The van der Waals surface area contributed by atoms with Gasteiger partial charge in [-0.05, 0) is 18.0 Å². The van der Waals surface area contributed by atoms with E-state index in [0.29, 0.717) is 10.6 Å². The first-order chi connectivity index (χ1) is 6.66. The minimum Gasteiger partial charge on any atom is -0.382 e. The number of unbranched alkanes of at least 4 members (excludes halogenated alkanes) is 1. The van der Waals surface area contributed by atoms with Gasteiger partial charge < -0.3 is 16.8 Å². The number of rotatable bonds is 5. The van der Waals surface area contributed by atoms with Crippen molar-refractivity contribution >= 4 is 28.3 Å². The van der Waals surface area contributed by atoms with Crippen LogP contribution in [0.15, 0.2) is 0 Å². The average Bonchev–Trinajstić information content (AvgIpc) is 2.47. The topological polar surface area (TPSA) is 94.0 Å². The third kappa shape index (κ3) is 2.35. The molecule has 0 bridgehead atoms. The number of aromatic nitrogens is 1. The van der Waals surface area contributed by atoms with E-state index in [1.165, 1.54) is 11.5 Å². The van der Waals surface area contributed by atoms with Gasteiger partial charge in [-0.25, -0.2) is 0 Å². The zero-order valence-corrected chi connectivity index (χ0v) is 8.86. The van der Waals surface area contributed by atoms with Gasteiger partial charge in [0, 0.05) is 6.54 Å². The molecule has 0 spiro atoms. The van der Waals surface area contributed by atoms with Gasteiger partial charge in [-0.15, -0.1) is 0 Å². The molecule has 0 aliphatic heterocycles. The highest BCUT2D eigenvalue weighted by atomic mass is 32.1. The van der Waals surface area contributed by atoms with Crippen molar-refractivity contribution in [2.45, 2.75) is 19.8 Å². The van der Waals surface area contributed by atoms with Gasteiger partial charge in [-0.1, -0.05) is 13.3 Å². The molecule has 0 radical (unpaired) electrons. The molecule has 1 heterocycles. The van der Waals surface area contributed by atoms with E-state index >= 15 is 0 Å². The fraction of sp³-hybridized carbons (Fsp3) is 0.500. The van der Waals surface area contributed by atoms with Crippen LogP contribution in [0.1, 0.15) is 30.1 Å². The summed E-state index contributed by atoms with van der Waals surface area (Å²) in [6.07, 6.45) is 2.13. The van der Waals surface area contributed by atoms with Crippen molar-refractivity contribution in [3.05, 3.63) is 5.56 Å². The molecule has 0 aromatic carbocycles. The molecule has 5 nitrogen and oxygen atoms in total. The third-order valence-corrected chi connectivity index (χ3v) is 2.60. The van der Waals surface area contributed by atoms with Crippen molar-refractivity contribution in [2.24, 2.45) is 5.73 Å². The first-order valence-electron chi connectivity index (χ1n) is 4.45. The predicted octanol–water partition coefficient (Wildman–Crippen LogP) is 1.04. The monoisotopic (exact) mass is 214 g/mol. The van der Waals surface area contributed by atoms with E-state index in [9.17, 15) is 4.79 Å². The zero-order valence-electron chi connectivity index (χ0n) is 8.04. The molecule has 0 atom stereocenters. The van der Waals surface area contributed by atoms with E-state index in [1.54, 1.807) is 0 Å². The second-order valence-electron chi connectivity index (χ2n) is 2.92. The second kappa shape index (κ2) is 4.80. The third-order valence-electron chi connectivity index (χ3n) is 1.78. The van der Waals surface area contributed by atoms with Crippen LogP contribution in [0.2, 0.25) is 0 Å². The van der Waals surface area contributed by atoms with Crippen LogP contribution < -0.4 is 16.8 Å². The molecule has 1 aromatic rings. The molecule has 0 saturated heterocycles. The number of nitrogen functional groups attached to an aromatic ring is 1. The summed E-state index contributed by atoms with van der Waals surface area (Å²) in [5.41, 5.74) is 11.0. The Labute approximate surface area is 86.6 Å². The highest BCUT2D eigenvalue weighted by Gasteiger charge is 2.15. The number of nitrogens with zero attached hydrogens (tertiary/aromatic N) is 1. The Bertz CT molecular complexity index is 323. The van der Waals surface area contributed by atoms with Gasteiger partial charge in [0.1, 0.15) is 10.6 Å². The molecule has 0 aliphatic carbocycles. The number of nitrogens with one attached hydrogen (secondary N) is 1. The van der Waals surface area contributed by atoms with Crippen LogP contribution in [0.5, 0.6) is 0 Å². The first kappa shape index (κ1) is 10.8. The molecule has 14 heavy (non-hydrogen) atoms. The van der Waals surface area contributed by atoms with E-state index < -0.39 is 5.91 Å². The normalized spacial score (nSPS) is 10.1. The predicted molar refractivity (Wildman–Crippen MR) is 58.4 cm³/mol. The molecule has 6 heteroatoms. The molecule has 5 N–H and O–H groups in total. The maximum atomic E-state index is 11.0. The lowest BCUT2D eigenvalue weighted by atomic mass is 10.3. The second-order valence-corrected chi connectivity index (χ2v) is 3.69. The van der Waals surface area contributed by atoms with Crippen LogP contribution in [-0.2, 0) is 0 Å². The highest BCUT2D eigenvalue weighted by Crippen LogP contribution is 2.25. The quantitative estimate of drug-likeness (QED) is 0.638. The molecule has 0 saturated carbocycles. The average molecular weight is 214 g/mol. The van der Waals surface area contributed by atoms with Crippen molar-refractivity contribution in [3.63, 3.8) is 0 Å². The maximum absolute atomic E-state index is 11.0. The number of carbonyl (C=O) groups is 1. The number of hydrogen-bond donors (Lipinski definition) is 3. The molecule has 1 aromatic heterocycles. The summed E-state index contributed by atoms with van der Waals surface area (Å²) in [7, 11) is 0. The van der Waals surface area contributed by atoms with E-state index in [1.807, 2.05) is 0 Å². The minimum atomic E-state index is -0.532. The van der Waals surface area contributed by atoms with Crippen molar-refractivity contribution in [2.75, 3.05) is 17.6 Å². The summed E-state index contributed by atoms with van der Waals surface area (Å²) in [5, 5.41) is 3.76. The summed E-state index contributed by atoms with van der Waals surface area (Å²) < 4.78 is 3.87. The molecular formula is C8H14N4OS. The van der Waals surface area contributed by atoms with Crippen LogP contribution in [0.3, 0.4) is 0 Å². The smallest absolute Gasteiger partial charge is 0.255 e. The molecule has 0 aliphatic rings. The first-order valence-corrected chi connectivity index (χ1v) is 5.23. The summed E-state index contributed by atoms with van der Waals surface area (Å²) in [6.45, 7) is 2.90. The summed E-state index contributed by atoms with van der Waals surface area (Å²) in [6, 6.07) is 0. The van der Waals surface area contributed by atoms with E-state index in [4.69, 9.17) is 11.5 Å². The SMILES string of the molecule is CCCCNc1snc(N)c1C(N)=O. The largest absolute Gasteiger partial charge is 0.382 e. The van der Waals surface area contributed by atoms with E-state index in [0.717, 1.165) is 19.4 Å². The summed E-state index contributed by atoms with van der Waals surface area (Å²) in [4.78, 5) is 11.0. The number of anilines is 2. The van der Waals surface area contributed by atoms with Crippen LogP contribution in [0, 0.1) is 0 Å². The lowest BCUT2D eigenvalue weighted by Crippen LogP contribution is -2.15. The van der Waals surface area contributed by atoms with Gasteiger partial charge in [0.25, 0.3) is 5.91 Å². The van der Waals surface area contributed by atoms with Gasteiger partial charge in [0.15, 0.2) is 5.82 Å². The fourth-order valence-corrected chi connectivity index (χ4v) is 1.78. The van der Waals surface area contributed by atoms with Crippen LogP contribution in [0.4, 0.5) is 10.8 Å². The van der Waals surface area contributed by atoms with Gasteiger partial charge in [0.2, 0.25) is 0 Å². The fourth-order valence-electron chi connectivity index (χ4n) is 1.04. The Hall–Kier alpha value is -1.30. The standard InChI is InChI=1S/C8H14N4OS/c1-2-3-4-11-8-5(7(10)13)6(9)12-14-8/h11H,2-4H2,1H3,(H2,9,12)(H2,10,13). The summed E-state index contributed by atoms with van der Waals surface area (Å²) in [5.74, 6) is -0.322. The Balaban J connectivity index is 2.71. The highest BCUT2D eigenvalue weighted by molar-refractivity contribution is 7.11. The van der Waals surface area contributed by atoms with Crippen LogP contribution in [-0.4, -0.2) is 16.8 Å². The van der Waals surface area contributed by atoms with Crippen molar-refractivity contribution in [1.29, 1.82) is 0 Å². The van der Waals surface area contributed by atoms with Gasteiger partial charge in [-0.3, -0.25) is 4.79 Å². The molecule has 1 rings (SSSR count). The summed E-state index contributed by atoms with van der Waals surface area (Å²) >= 11 is 1.17. The number of carbonyl (C=O) groups excluding carboxylic acids is 1. The van der Waals surface area contributed by atoms with Crippen molar-refractivity contribution < 1.29 is 4.79 Å². The Morgan fingerprint density at radius 3 is 2.93 bits per heavy atom. The van der Waals surface area contributed by atoms with E-state index in [-0.39, 0.29) is 5.82 Å². The Morgan fingerprint density at radius 1 is 1.64 bits per heavy atom. The minimum absolute atomic E-state index is 0.210. The molecule has 0 fully saturated rings. The number of primary amides is 1. The van der Waals surface area contributed by atoms with Crippen LogP contribution >= 0.6 is 11.5 Å². The van der Waals surface area contributed by atoms with Gasteiger partial charge in [0.05, 0.1) is 0 Å². The molecule has 0 unspecified atom stereocenters.